The molecule has 1 aliphatic heterocycles. The van der Waals surface area contributed by atoms with Gasteiger partial charge in [0.05, 0.1) is 32.1 Å². The average Bonchev–Trinajstić information content (AvgIpc) is 3.18. The Labute approximate surface area is 180 Å². The maximum absolute atomic E-state index is 6.05. The van der Waals surface area contributed by atoms with Gasteiger partial charge in [0.1, 0.15) is 23.4 Å². The first-order valence-corrected chi connectivity index (χ1v) is 10.7. The summed E-state index contributed by atoms with van der Waals surface area (Å²) < 4.78 is 17.1. The zero-order valence-electron chi connectivity index (χ0n) is 17.4. The molecule has 1 saturated heterocycles. The van der Waals surface area contributed by atoms with E-state index in [0.29, 0.717) is 6.61 Å². The maximum atomic E-state index is 6.05. The van der Waals surface area contributed by atoms with Gasteiger partial charge in [-0.3, -0.25) is 4.90 Å². The molecule has 1 N–H and O–H groups in total. The quantitative estimate of drug-likeness (QED) is 0.608. The highest BCUT2D eigenvalue weighted by Gasteiger charge is 2.25. The Balaban J connectivity index is 1.48. The second-order valence-corrected chi connectivity index (χ2v) is 8.32. The van der Waals surface area contributed by atoms with Crippen LogP contribution in [0.2, 0.25) is 0 Å². The highest BCUT2D eigenvalue weighted by molar-refractivity contribution is 7.15. The number of thiazole rings is 1. The summed E-state index contributed by atoms with van der Waals surface area (Å²) in [7, 11) is 3.37. The molecule has 0 saturated carbocycles. The summed E-state index contributed by atoms with van der Waals surface area (Å²) in [5, 5.41) is 4.12. The Bertz CT molecular complexity index is 972. The third-order valence-corrected chi connectivity index (χ3v) is 5.85. The van der Waals surface area contributed by atoms with Gasteiger partial charge in [0.25, 0.3) is 0 Å². The second-order valence-electron chi connectivity index (χ2n) is 7.08. The highest BCUT2D eigenvalue weighted by atomic mass is 32.1. The molecule has 0 radical (unpaired) electrons. The molecular formula is C22H26N4O3S. The van der Waals surface area contributed by atoms with E-state index in [2.05, 4.69) is 15.2 Å². The van der Waals surface area contributed by atoms with E-state index in [-0.39, 0.29) is 6.10 Å². The summed E-state index contributed by atoms with van der Waals surface area (Å²) in [6, 6.07) is 11.8. The Morgan fingerprint density at radius 3 is 2.63 bits per heavy atom. The number of aryl methyl sites for hydroxylation is 1. The van der Waals surface area contributed by atoms with E-state index in [9.17, 15) is 0 Å². The molecule has 8 heteroatoms. The van der Waals surface area contributed by atoms with Crippen molar-refractivity contribution in [2.45, 2.75) is 19.6 Å². The number of rotatable bonds is 7. The first-order chi connectivity index (χ1) is 14.7. The van der Waals surface area contributed by atoms with Crippen LogP contribution >= 0.6 is 11.3 Å². The Kier molecular flexibility index (Phi) is 6.47. The summed E-state index contributed by atoms with van der Waals surface area (Å²) in [4.78, 5) is 12.6. The minimum Gasteiger partial charge on any atom is -0.496 e. The van der Waals surface area contributed by atoms with Gasteiger partial charge in [0.15, 0.2) is 5.13 Å². The van der Waals surface area contributed by atoms with Crippen LogP contribution in [0.3, 0.4) is 0 Å². The van der Waals surface area contributed by atoms with Crippen LogP contribution in [0.4, 0.5) is 10.9 Å². The van der Waals surface area contributed by atoms with E-state index in [1.165, 1.54) is 0 Å². The minimum absolute atomic E-state index is 0.0979. The molecule has 1 aromatic carbocycles. The van der Waals surface area contributed by atoms with Gasteiger partial charge in [0.2, 0.25) is 0 Å². The van der Waals surface area contributed by atoms with Gasteiger partial charge in [-0.2, -0.15) is 0 Å². The third kappa shape index (κ3) is 4.72. The van der Waals surface area contributed by atoms with Crippen LogP contribution in [-0.2, 0) is 11.3 Å². The number of morpholine rings is 1. The van der Waals surface area contributed by atoms with Crippen molar-refractivity contribution in [3.05, 3.63) is 58.7 Å². The molecule has 0 aliphatic carbocycles. The molecule has 1 fully saturated rings. The zero-order valence-corrected chi connectivity index (χ0v) is 18.2. The van der Waals surface area contributed by atoms with E-state index in [1.54, 1.807) is 25.6 Å². The number of aromatic nitrogens is 2. The number of methoxy groups -OCH3 is 2. The molecule has 3 heterocycles. The van der Waals surface area contributed by atoms with Crippen LogP contribution in [-0.4, -0.2) is 48.8 Å². The molecule has 158 valence electrons. The van der Waals surface area contributed by atoms with Gasteiger partial charge in [-0.25, -0.2) is 9.97 Å². The zero-order chi connectivity index (χ0) is 20.9. The lowest BCUT2D eigenvalue weighted by molar-refractivity contribution is -0.0352. The van der Waals surface area contributed by atoms with E-state index in [0.717, 1.165) is 58.2 Å². The molecule has 0 amide bonds. The molecule has 2 aromatic heterocycles. The largest absolute Gasteiger partial charge is 0.496 e. The SMILES string of the molecule is COc1cccc(OC)c1CN1CCOC(c2cccc(Nc3ncc(C)s3)n2)C1. The van der Waals surface area contributed by atoms with Crippen LogP contribution in [0.5, 0.6) is 11.5 Å². The molecule has 0 bridgehead atoms. The number of ether oxygens (including phenoxy) is 3. The number of benzene rings is 1. The van der Waals surface area contributed by atoms with E-state index in [1.807, 2.05) is 49.5 Å². The van der Waals surface area contributed by atoms with Crippen molar-refractivity contribution in [3.63, 3.8) is 0 Å². The summed E-state index contributed by atoms with van der Waals surface area (Å²) in [5.41, 5.74) is 1.95. The lowest BCUT2D eigenvalue weighted by Gasteiger charge is -2.33. The summed E-state index contributed by atoms with van der Waals surface area (Å²) in [6.07, 6.45) is 1.75. The molecule has 1 aliphatic rings. The molecule has 3 aromatic rings. The van der Waals surface area contributed by atoms with Crippen LogP contribution in [0.25, 0.3) is 0 Å². The highest BCUT2D eigenvalue weighted by Crippen LogP contribution is 2.31. The third-order valence-electron chi connectivity index (χ3n) is 5.02. The Morgan fingerprint density at radius 1 is 1.17 bits per heavy atom. The number of nitrogens with zero attached hydrogens (tertiary/aromatic N) is 3. The summed E-state index contributed by atoms with van der Waals surface area (Å²) in [6.45, 7) is 4.99. The molecule has 1 unspecified atom stereocenters. The van der Waals surface area contributed by atoms with E-state index >= 15 is 0 Å². The van der Waals surface area contributed by atoms with E-state index < -0.39 is 0 Å². The summed E-state index contributed by atoms with van der Waals surface area (Å²) in [5.74, 6) is 2.44. The number of pyridine rings is 1. The fourth-order valence-corrected chi connectivity index (χ4v) is 4.23. The van der Waals surface area contributed by atoms with Crippen molar-refractivity contribution in [1.29, 1.82) is 0 Å². The summed E-state index contributed by atoms with van der Waals surface area (Å²) >= 11 is 1.61. The van der Waals surface area contributed by atoms with Crippen molar-refractivity contribution in [2.75, 3.05) is 39.2 Å². The predicted molar refractivity (Wildman–Crippen MR) is 118 cm³/mol. The van der Waals surface area contributed by atoms with Crippen LogP contribution in [0.1, 0.15) is 22.2 Å². The number of hydrogen-bond acceptors (Lipinski definition) is 8. The fourth-order valence-electron chi connectivity index (χ4n) is 3.56. The second kappa shape index (κ2) is 9.42. The maximum Gasteiger partial charge on any atom is 0.188 e. The first kappa shape index (κ1) is 20.6. The molecule has 4 rings (SSSR count). The molecule has 7 nitrogen and oxygen atoms in total. The Morgan fingerprint density at radius 2 is 1.93 bits per heavy atom. The van der Waals surface area contributed by atoms with E-state index in [4.69, 9.17) is 19.2 Å². The van der Waals surface area contributed by atoms with Crippen molar-refractivity contribution in [2.24, 2.45) is 0 Å². The number of nitrogens with one attached hydrogen (secondary N) is 1. The number of anilines is 2. The van der Waals surface area contributed by atoms with Crippen LogP contribution < -0.4 is 14.8 Å². The van der Waals surface area contributed by atoms with Crippen LogP contribution in [0.15, 0.2) is 42.6 Å². The minimum atomic E-state index is -0.0979. The van der Waals surface area contributed by atoms with Gasteiger partial charge < -0.3 is 19.5 Å². The number of hydrogen-bond donors (Lipinski definition) is 1. The Hall–Kier alpha value is -2.68. The topological polar surface area (TPSA) is 68.7 Å². The molecular weight excluding hydrogens is 400 g/mol. The van der Waals surface area contributed by atoms with Gasteiger partial charge in [-0.1, -0.05) is 12.1 Å². The molecule has 1 atom stereocenters. The monoisotopic (exact) mass is 426 g/mol. The van der Waals surface area contributed by atoms with Crippen LogP contribution in [0, 0.1) is 6.92 Å². The van der Waals surface area contributed by atoms with Crippen molar-refractivity contribution in [3.8, 4) is 11.5 Å². The lowest BCUT2D eigenvalue weighted by Crippen LogP contribution is -2.38. The van der Waals surface area contributed by atoms with Gasteiger partial charge >= 0.3 is 0 Å². The first-order valence-electron chi connectivity index (χ1n) is 9.86. The van der Waals surface area contributed by atoms with Crippen molar-refractivity contribution < 1.29 is 14.2 Å². The standard InChI is InChI=1S/C22H26N4O3S/c1-15-12-23-22(30-15)25-21-9-4-6-17(24-21)20-14-26(10-11-29-20)13-16-18(27-2)7-5-8-19(16)28-3/h4-9,12,20H,10-11,13-14H2,1-3H3,(H,23,24,25). The predicted octanol–water partition coefficient (Wildman–Crippen LogP) is 4.18. The lowest BCUT2D eigenvalue weighted by atomic mass is 10.1. The fraction of sp³-hybridized carbons (Fsp3) is 0.364. The van der Waals surface area contributed by atoms with Gasteiger partial charge in [0, 0.05) is 30.7 Å². The van der Waals surface area contributed by atoms with Crippen molar-refractivity contribution >= 4 is 22.3 Å². The molecule has 30 heavy (non-hydrogen) atoms. The smallest absolute Gasteiger partial charge is 0.188 e. The average molecular weight is 427 g/mol. The van der Waals surface area contributed by atoms with Crippen molar-refractivity contribution in [1.82, 2.24) is 14.9 Å². The van der Waals surface area contributed by atoms with Gasteiger partial charge in [-0.05, 0) is 31.2 Å². The normalized spacial score (nSPS) is 17.0. The van der Waals surface area contributed by atoms with Gasteiger partial charge in [-0.15, -0.1) is 11.3 Å². The molecule has 0 spiro atoms.